The van der Waals surface area contributed by atoms with E-state index in [9.17, 15) is 14.7 Å². The highest BCUT2D eigenvalue weighted by molar-refractivity contribution is 5.94. The summed E-state index contributed by atoms with van der Waals surface area (Å²) >= 11 is 0. The zero-order chi connectivity index (χ0) is 12.0. The Morgan fingerprint density at radius 3 is 2.94 bits per heavy atom. The first-order valence-electron chi connectivity index (χ1n) is 5.73. The van der Waals surface area contributed by atoms with Crippen LogP contribution >= 0.6 is 0 Å². The van der Waals surface area contributed by atoms with Gasteiger partial charge in [-0.05, 0) is 25.3 Å². The quantitative estimate of drug-likeness (QED) is 0.722. The van der Waals surface area contributed by atoms with Crippen molar-refractivity contribution in [2.75, 3.05) is 0 Å². The van der Waals surface area contributed by atoms with E-state index in [1.54, 1.807) is 6.08 Å². The van der Waals surface area contributed by atoms with Crippen LogP contribution in [0, 0.1) is 0 Å². The predicted molar refractivity (Wildman–Crippen MR) is 58.8 cm³/mol. The van der Waals surface area contributed by atoms with E-state index in [-0.39, 0.29) is 11.8 Å². The molecule has 0 aromatic heterocycles. The van der Waals surface area contributed by atoms with Gasteiger partial charge >= 0.3 is 5.97 Å². The molecule has 1 N–H and O–H groups in total. The molecule has 1 rings (SSSR count). The first-order valence-corrected chi connectivity index (χ1v) is 5.73. The summed E-state index contributed by atoms with van der Waals surface area (Å²) in [4.78, 5) is 22.9. The van der Waals surface area contributed by atoms with E-state index in [2.05, 4.69) is 0 Å². The largest absolute Gasteiger partial charge is 0.459 e. The molecule has 0 unspecified atom stereocenters. The number of aliphatic hydroxyl groups is 1. The molecule has 1 aliphatic rings. The minimum Gasteiger partial charge on any atom is -0.459 e. The molecule has 1 heterocycles. The van der Waals surface area contributed by atoms with Gasteiger partial charge < -0.3 is 9.84 Å². The third kappa shape index (κ3) is 3.77. The molecular formula is C12H18O4. The molecule has 2 atom stereocenters. The SMILES string of the molecule is CCC[C@H]1OC(=O)CCC/C=C\C(=O)[C@@H]1O. The van der Waals surface area contributed by atoms with E-state index in [0.717, 1.165) is 6.42 Å². The molecule has 0 spiro atoms. The summed E-state index contributed by atoms with van der Waals surface area (Å²) in [5.41, 5.74) is 0. The first-order chi connectivity index (χ1) is 7.65. The van der Waals surface area contributed by atoms with Crippen molar-refractivity contribution < 1.29 is 19.4 Å². The molecule has 0 aromatic carbocycles. The topological polar surface area (TPSA) is 63.6 Å². The van der Waals surface area contributed by atoms with Crippen LogP contribution in [0.3, 0.4) is 0 Å². The van der Waals surface area contributed by atoms with E-state index in [0.29, 0.717) is 25.7 Å². The average molecular weight is 226 g/mol. The highest BCUT2D eigenvalue weighted by Gasteiger charge is 2.27. The molecule has 0 bridgehead atoms. The van der Waals surface area contributed by atoms with Crippen LogP contribution in [0.5, 0.6) is 0 Å². The molecule has 0 saturated carbocycles. The van der Waals surface area contributed by atoms with Crippen molar-refractivity contribution in [1.82, 2.24) is 0 Å². The fraction of sp³-hybridized carbons (Fsp3) is 0.667. The lowest BCUT2D eigenvalue weighted by Crippen LogP contribution is -2.37. The molecule has 16 heavy (non-hydrogen) atoms. The second-order valence-electron chi connectivity index (χ2n) is 3.96. The minimum atomic E-state index is -1.22. The van der Waals surface area contributed by atoms with Crippen LogP contribution in [-0.4, -0.2) is 29.1 Å². The predicted octanol–water partition coefficient (Wildman–Crippen LogP) is 1.37. The Balaban J connectivity index is 2.76. The van der Waals surface area contributed by atoms with Crippen molar-refractivity contribution in [3.63, 3.8) is 0 Å². The van der Waals surface area contributed by atoms with Gasteiger partial charge in [0.1, 0.15) is 6.10 Å². The van der Waals surface area contributed by atoms with Crippen LogP contribution in [0.2, 0.25) is 0 Å². The molecule has 0 aromatic rings. The molecule has 1 aliphatic heterocycles. The number of hydrogen-bond acceptors (Lipinski definition) is 4. The van der Waals surface area contributed by atoms with Crippen molar-refractivity contribution in [2.45, 2.75) is 51.2 Å². The number of esters is 1. The second-order valence-corrected chi connectivity index (χ2v) is 3.96. The smallest absolute Gasteiger partial charge is 0.306 e. The normalized spacial score (nSPS) is 29.6. The molecular weight excluding hydrogens is 208 g/mol. The van der Waals surface area contributed by atoms with Crippen molar-refractivity contribution in [2.24, 2.45) is 0 Å². The number of ether oxygens (including phenoxy) is 1. The Kier molecular flexibility index (Phi) is 5.19. The molecule has 0 radical (unpaired) electrons. The lowest BCUT2D eigenvalue weighted by Gasteiger charge is -2.21. The van der Waals surface area contributed by atoms with Gasteiger partial charge in [0.15, 0.2) is 11.9 Å². The zero-order valence-electron chi connectivity index (χ0n) is 9.52. The fourth-order valence-electron chi connectivity index (χ4n) is 1.64. The maximum absolute atomic E-state index is 11.5. The monoisotopic (exact) mass is 226 g/mol. The number of aliphatic hydroxyl groups excluding tert-OH is 1. The molecule has 90 valence electrons. The highest BCUT2D eigenvalue weighted by Crippen LogP contribution is 2.13. The van der Waals surface area contributed by atoms with Crippen molar-refractivity contribution in [1.29, 1.82) is 0 Å². The Hall–Kier alpha value is -1.16. The molecule has 0 saturated heterocycles. The van der Waals surface area contributed by atoms with E-state index in [4.69, 9.17) is 4.74 Å². The Labute approximate surface area is 95.3 Å². The number of rotatable bonds is 2. The summed E-state index contributed by atoms with van der Waals surface area (Å²) < 4.78 is 5.11. The standard InChI is InChI=1S/C12H18O4/c1-2-6-10-12(15)9(13)7-4-3-5-8-11(14)16-10/h4,7,10,12,15H,2-3,5-6,8H2,1H3/b7-4-/t10-,12+/m1/s1. The van der Waals surface area contributed by atoms with Crippen LogP contribution in [-0.2, 0) is 14.3 Å². The second kappa shape index (κ2) is 6.43. The van der Waals surface area contributed by atoms with E-state index in [1.165, 1.54) is 6.08 Å². The summed E-state index contributed by atoms with van der Waals surface area (Å²) in [6, 6.07) is 0. The van der Waals surface area contributed by atoms with Crippen molar-refractivity contribution in [3.8, 4) is 0 Å². The number of ketones is 1. The van der Waals surface area contributed by atoms with Crippen LogP contribution < -0.4 is 0 Å². The molecule has 4 nitrogen and oxygen atoms in total. The van der Waals surface area contributed by atoms with E-state index in [1.807, 2.05) is 6.92 Å². The average Bonchev–Trinajstić information content (AvgIpc) is 2.26. The third-order valence-electron chi connectivity index (χ3n) is 2.53. The highest BCUT2D eigenvalue weighted by atomic mass is 16.6. The maximum Gasteiger partial charge on any atom is 0.306 e. The summed E-state index contributed by atoms with van der Waals surface area (Å²) in [6.45, 7) is 1.92. The number of cyclic esters (lactones) is 1. The fourth-order valence-corrected chi connectivity index (χ4v) is 1.64. The van der Waals surface area contributed by atoms with Gasteiger partial charge in [0, 0.05) is 6.42 Å². The van der Waals surface area contributed by atoms with Gasteiger partial charge in [-0.3, -0.25) is 9.59 Å². The third-order valence-corrected chi connectivity index (χ3v) is 2.53. The van der Waals surface area contributed by atoms with Gasteiger partial charge in [-0.15, -0.1) is 0 Å². The van der Waals surface area contributed by atoms with E-state index >= 15 is 0 Å². The van der Waals surface area contributed by atoms with Crippen LogP contribution in [0.4, 0.5) is 0 Å². The van der Waals surface area contributed by atoms with Crippen molar-refractivity contribution >= 4 is 11.8 Å². The van der Waals surface area contributed by atoms with E-state index < -0.39 is 12.2 Å². The van der Waals surface area contributed by atoms with Gasteiger partial charge in [0.2, 0.25) is 0 Å². The summed E-state index contributed by atoms with van der Waals surface area (Å²) in [5, 5.41) is 9.73. The Morgan fingerprint density at radius 1 is 1.50 bits per heavy atom. The van der Waals surface area contributed by atoms with Crippen molar-refractivity contribution in [3.05, 3.63) is 12.2 Å². The summed E-state index contributed by atoms with van der Waals surface area (Å²) in [7, 11) is 0. The van der Waals surface area contributed by atoms with Gasteiger partial charge in [0.05, 0.1) is 0 Å². The van der Waals surface area contributed by atoms with Crippen LogP contribution in [0.15, 0.2) is 12.2 Å². The number of carbonyl (C=O) groups is 2. The van der Waals surface area contributed by atoms with Gasteiger partial charge in [-0.2, -0.15) is 0 Å². The number of allylic oxidation sites excluding steroid dienone is 1. The summed E-state index contributed by atoms with van der Waals surface area (Å²) in [5.74, 6) is -0.714. The lowest BCUT2D eigenvalue weighted by molar-refractivity contribution is -0.157. The van der Waals surface area contributed by atoms with Gasteiger partial charge in [0.25, 0.3) is 0 Å². The molecule has 0 aliphatic carbocycles. The molecule has 0 fully saturated rings. The summed E-state index contributed by atoms with van der Waals surface area (Å²) in [6.07, 6.45) is 4.10. The van der Waals surface area contributed by atoms with Crippen LogP contribution in [0.1, 0.15) is 39.0 Å². The number of carbonyl (C=O) groups excluding carboxylic acids is 2. The minimum absolute atomic E-state index is 0.333. The maximum atomic E-state index is 11.5. The number of hydrogen-bond donors (Lipinski definition) is 1. The van der Waals surface area contributed by atoms with Crippen LogP contribution in [0.25, 0.3) is 0 Å². The molecule has 4 heteroatoms. The van der Waals surface area contributed by atoms with Gasteiger partial charge in [-0.25, -0.2) is 0 Å². The zero-order valence-corrected chi connectivity index (χ0v) is 9.52. The van der Waals surface area contributed by atoms with Gasteiger partial charge in [-0.1, -0.05) is 19.4 Å². The first kappa shape index (κ1) is 12.9. The lowest BCUT2D eigenvalue weighted by atomic mass is 10.0. The Bertz CT molecular complexity index is 283. The Morgan fingerprint density at radius 2 is 2.25 bits per heavy atom. The molecule has 0 amide bonds.